The molecule has 5 atom stereocenters. The van der Waals surface area contributed by atoms with Gasteiger partial charge in [0.1, 0.15) is 0 Å². The molecule has 0 amide bonds. The number of aliphatic hydroxyl groups excluding tert-OH is 3. The van der Waals surface area contributed by atoms with Crippen molar-refractivity contribution in [1.82, 2.24) is 4.90 Å². The van der Waals surface area contributed by atoms with E-state index in [0.717, 1.165) is 19.4 Å². The summed E-state index contributed by atoms with van der Waals surface area (Å²) in [7, 11) is 0. The molecular formula is C12H23NO3. The minimum Gasteiger partial charge on any atom is -0.391 e. The summed E-state index contributed by atoms with van der Waals surface area (Å²) in [6, 6.07) is -0.257. The van der Waals surface area contributed by atoms with Gasteiger partial charge in [-0.2, -0.15) is 0 Å². The number of nitrogens with zero attached hydrogens (tertiary/aromatic N) is 1. The lowest BCUT2D eigenvalue weighted by Crippen LogP contribution is -2.53. The summed E-state index contributed by atoms with van der Waals surface area (Å²) >= 11 is 0. The van der Waals surface area contributed by atoms with Crippen LogP contribution in [0.1, 0.15) is 26.7 Å². The normalized spacial score (nSPS) is 45.0. The van der Waals surface area contributed by atoms with Crippen molar-refractivity contribution in [2.75, 3.05) is 13.1 Å². The van der Waals surface area contributed by atoms with E-state index in [1.165, 1.54) is 0 Å². The van der Waals surface area contributed by atoms with Crippen LogP contribution < -0.4 is 0 Å². The van der Waals surface area contributed by atoms with Gasteiger partial charge in [-0.3, -0.25) is 4.90 Å². The maximum absolute atomic E-state index is 10.3. The largest absolute Gasteiger partial charge is 0.391 e. The van der Waals surface area contributed by atoms with Crippen LogP contribution in [-0.4, -0.2) is 57.7 Å². The van der Waals surface area contributed by atoms with Gasteiger partial charge >= 0.3 is 0 Å². The fourth-order valence-electron chi connectivity index (χ4n) is 3.22. The van der Waals surface area contributed by atoms with E-state index >= 15 is 0 Å². The highest BCUT2D eigenvalue weighted by atomic mass is 16.3. The first kappa shape index (κ1) is 12.3. The van der Waals surface area contributed by atoms with E-state index in [-0.39, 0.29) is 12.0 Å². The molecule has 94 valence electrons. The van der Waals surface area contributed by atoms with Crippen LogP contribution in [0.4, 0.5) is 0 Å². The average molecular weight is 229 g/mol. The molecule has 0 saturated carbocycles. The molecule has 0 aliphatic carbocycles. The number of fused-ring (bicyclic) bond motifs is 1. The number of hydrogen-bond donors (Lipinski definition) is 3. The van der Waals surface area contributed by atoms with Crippen LogP contribution >= 0.6 is 0 Å². The topological polar surface area (TPSA) is 63.9 Å². The second-order valence-electron chi connectivity index (χ2n) is 5.71. The summed E-state index contributed by atoms with van der Waals surface area (Å²) in [5.74, 6) is 0.830. The molecule has 2 heterocycles. The lowest BCUT2D eigenvalue weighted by atomic mass is 9.82. The molecule has 2 aliphatic heterocycles. The van der Waals surface area contributed by atoms with Gasteiger partial charge in [-0.1, -0.05) is 13.8 Å². The van der Waals surface area contributed by atoms with Gasteiger partial charge in [-0.15, -0.1) is 0 Å². The number of aliphatic hydroxyl groups is 3. The van der Waals surface area contributed by atoms with Gasteiger partial charge in [0.05, 0.1) is 24.4 Å². The third-order valence-corrected chi connectivity index (χ3v) is 3.98. The first-order valence-electron chi connectivity index (χ1n) is 6.29. The molecular weight excluding hydrogens is 206 g/mol. The van der Waals surface area contributed by atoms with Crippen molar-refractivity contribution in [3.63, 3.8) is 0 Å². The minimum absolute atomic E-state index is 0.257. The van der Waals surface area contributed by atoms with Crippen LogP contribution in [0, 0.1) is 11.8 Å². The highest BCUT2D eigenvalue weighted by molar-refractivity contribution is 5.02. The predicted molar refractivity (Wildman–Crippen MR) is 60.9 cm³/mol. The number of rotatable bonds is 2. The van der Waals surface area contributed by atoms with E-state index in [1.807, 2.05) is 4.90 Å². The van der Waals surface area contributed by atoms with Gasteiger partial charge < -0.3 is 15.3 Å². The van der Waals surface area contributed by atoms with Crippen LogP contribution in [0.3, 0.4) is 0 Å². The Kier molecular flexibility index (Phi) is 3.54. The van der Waals surface area contributed by atoms with Gasteiger partial charge in [-0.05, 0) is 31.2 Å². The average Bonchev–Trinajstić information content (AvgIpc) is 2.48. The molecule has 0 aromatic rings. The third kappa shape index (κ3) is 2.12. The summed E-state index contributed by atoms with van der Waals surface area (Å²) in [5.41, 5.74) is 0. The molecule has 0 radical (unpaired) electrons. The third-order valence-electron chi connectivity index (χ3n) is 3.98. The molecule has 2 saturated heterocycles. The lowest BCUT2D eigenvalue weighted by molar-refractivity contribution is -0.0605. The van der Waals surface area contributed by atoms with E-state index in [1.54, 1.807) is 0 Å². The molecule has 16 heavy (non-hydrogen) atoms. The number of hydrogen-bond acceptors (Lipinski definition) is 4. The summed E-state index contributed by atoms with van der Waals surface area (Å²) in [6.45, 7) is 5.68. The minimum atomic E-state index is -0.787. The fraction of sp³-hybridized carbons (Fsp3) is 1.00. The van der Waals surface area contributed by atoms with Crippen molar-refractivity contribution in [3.8, 4) is 0 Å². The van der Waals surface area contributed by atoms with Gasteiger partial charge in [0.25, 0.3) is 0 Å². The van der Waals surface area contributed by atoms with Crippen molar-refractivity contribution in [3.05, 3.63) is 0 Å². The van der Waals surface area contributed by atoms with E-state index in [9.17, 15) is 15.3 Å². The smallest absolute Gasteiger partial charge is 0.0991 e. The summed E-state index contributed by atoms with van der Waals surface area (Å²) in [6.07, 6.45) is -0.0189. The van der Waals surface area contributed by atoms with Crippen LogP contribution in [0.5, 0.6) is 0 Å². The molecule has 2 rings (SSSR count). The Balaban J connectivity index is 2.04. The van der Waals surface area contributed by atoms with E-state index in [0.29, 0.717) is 12.5 Å². The van der Waals surface area contributed by atoms with Crippen LogP contribution in [0.2, 0.25) is 0 Å². The van der Waals surface area contributed by atoms with Gasteiger partial charge in [0.15, 0.2) is 0 Å². The first-order valence-corrected chi connectivity index (χ1v) is 6.29. The first-order chi connectivity index (χ1) is 7.50. The zero-order chi connectivity index (χ0) is 11.9. The summed E-state index contributed by atoms with van der Waals surface area (Å²) < 4.78 is 0. The predicted octanol–water partition coefficient (Wildman–Crippen LogP) is -0.181. The maximum atomic E-state index is 10.3. The maximum Gasteiger partial charge on any atom is 0.0991 e. The van der Waals surface area contributed by atoms with Crippen molar-refractivity contribution < 1.29 is 15.3 Å². The molecule has 4 nitrogen and oxygen atoms in total. The van der Waals surface area contributed by atoms with Crippen molar-refractivity contribution >= 4 is 0 Å². The molecule has 0 bridgehead atoms. The van der Waals surface area contributed by atoms with E-state index < -0.39 is 18.3 Å². The van der Waals surface area contributed by atoms with Crippen LogP contribution in [0.25, 0.3) is 0 Å². The Labute approximate surface area is 96.9 Å². The molecule has 2 aliphatic rings. The molecule has 0 unspecified atom stereocenters. The van der Waals surface area contributed by atoms with Crippen LogP contribution in [-0.2, 0) is 0 Å². The summed E-state index contributed by atoms with van der Waals surface area (Å²) in [4.78, 5) is 2.02. The molecule has 0 aromatic heterocycles. The standard InChI is InChI=1S/C12H23NO3/c1-7(2)5-8-3-4-13-6-9(14)12(16)10(13)11(8)15/h7-12,14-16H,3-6H2,1-2H3/t8-,9-,10-,11-,12-/m1/s1. The molecule has 4 heteroatoms. The lowest BCUT2D eigenvalue weighted by Gasteiger charge is -2.40. The van der Waals surface area contributed by atoms with Gasteiger partial charge in [0.2, 0.25) is 0 Å². The SMILES string of the molecule is CC(C)C[C@H]1CCN2C[C@@H](O)[C@@H](O)[C@H]2[C@@H]1O. The number of piperidine rings is 1. The molecule has 3 N–H and O–H groups in total. The van der Waals surface area contributed by atoms with Gasteiger partial charge in [0, 0.05) is 6.54 Å². The van der Waals surface area contributed by atoms with E-state index in [4.69, 9.17) is 0 Å². The van der Waals surface area contributed by atoms with Crippen LogP contribution in [0.15, 0.2) is 0 Å². The Morgan fingerprint density at radius 2 is 1.88 bits per heavy atom. The summed E-state index contributed by atoms with van der Waals surface area (Å²) in [5, 5.41) is 29.7. The second kappa shape index (κ2) is 4.61. The Bertz CT molecular complexity index is 246. The van der Waals surface area contributed by atoms with Gasteiger partial charge in [-0.25, -0.2) is 0 Å². The van der Waals surface area contributed by atoms with Crippen molar-refractivity contribution in [1.29, 1.82) is 0 Å². The molecule has 0 aromatic carbocycles. The van der Waals surface area contributed by atoms with Crippen molar-refractivity contribution in [2.24, 2.45) is 11.8 Å². The van der Waals surface area contributed by atoms with E-state index in [2.05, 4.69) is 13.8 Å². The Morgan fingerprint density at radius 3 is 2.50 bits per heavy atom. The fourth-order valence-corrected chi connectivity index (χ4v) is 3.22. The molecule has 0 spiro atoms. The second-order valence-corrected chi connectivity index (χ2v) is 5.71. The Hall–Kier alpha value is -0.160. The van der Waals surface area contributed by atoms with Crippen molar-refractivity contribution in [2.45, 2.75) is 51.0 Å². The zero-order valence-corrected chi connectivity index (χ0v) is 10.1. The molecule has 2 fully saturated rings. The highest BCUT2D eigenvalue weighted by Crippen LogP contribution is 2.34. The monoisotopic (exact) mass is 229 g/mol. The highest BCUT2D eigenvalue weighted by Gasteiger charge is 2.48. The zero-order valence-electron chi connectivity index (χ0n) is 10.1. The quantitative estimate of drug-likeness (QED) is 0.614. The Morgan fingerprint density at radius 1 is 1.19 bits per heavy atom.